The van der Waals surface area contributed by atoms with Gasteiger partial charge in [0.15, 0.2) is 0 Å². The van der Waals surface area contributed by atoms with E-state index in [2.05, 4.69) is 30.1 Å². The number of rotatable bonds is 2. The van der Waals surface area contributed by atoms with Gasteiger partial charge in [0, 0.05) is 19.1 Å². The van der Waals surface area contributed by atoms with Crippen molar-refractivity contribution in [3.63, 3.8) is 0 Å². The van der Waals surface area contributed by atoms with Crippen LogP contribution in [0.2, 0.25) is 0 Å². The zero-order chi connectivity index (χ0) is 15.7. The van der Waals surface area contributed by atoms with E-state index in [-0.39, 0.29) is 5.82 Å². The number of nitriles is 1. The SMILES string of the molecule is CC(C)N1CCNc2ccc(-c3cc(F)cc(C#N)c3)cc21. The van der Waals surface area contributed by atoms with Gasteiger partial charge < -0.3 is 10.2 Å². The largest absolute Gasteiger partial charge is 0.382 e. The maximum atomic E-state index is 13.7. The van der Waals surface area contributed by atoms with E-state index in [1.54, 1.807) is 6.07 Å². The lowest BCUT2D eigenvalue weighted by Gasteiger charge is -2.35. The van der Waals surface area contributed by atoms with Gasteiger partial charge in [-0.1, -0.05) is 6.07 Å². The molecule has 1 heterocycles. The first-order valence-electron chi connectivity index (χ1n) is 7.44. The molecule has 22 heavy (non-hydrogen) atoms. The summed E-state index contributed by atoms with van der Waals surface area (Å²) in [5, 5.41) is 12.4. The van der Waals surface area contributed by atoms with Gasteiger partial charge in [0.25, 0.3) is 0 Å². The molecule has 2 aromatic rings. The third-order valence-corrected chi connectivity index (χ3v) is 3.96. The highest BCUT2D eigenvalue weighted by atomic mass is 19.1. The molecule has 1 aliphatic heterocycles. The molecule has 0 spiro atoms. The Morgan fingerprint density at radius 1 is 1.18 bits per heavy atom. The second-order valence-electron chi connectivity index (χ2n) is 5.79. The fourth-order valence-electron chi connectivity index (χ4n) is 2.89. The third kappa shape index (κ3) is 2.62. The van der Waals surface area contributed by atoms with Gasteiger partial charge in [0.05, 0.1) is 23.0 Å². The Kier molecular flexibility index (Phi) is 3.72. The Balaban J connectivity index is 2.08. The first kappa shape index (κ1) is 14.4. The van der Waals surface area contributed by atoms with Crippen molar-refractivity contribution in [2.24, 2.45) is 0 Å². The Morgan fingerprint density at radius 2 is 2.00 bits per heavy atom. The predicted octanol–water partition coefficient (Wildman–Crippen LogP) is 4.00. The summed E-state index contributed by atoms with van der Waals surface area (Å²) in [6.45, 7) is 6.19. The van der Waals surface area contributed by atoms with Crippen LogP contribution in [0.4, 0.5) is 15.8 Å². The fraction of sp³-hybridized carbons (Fsp3) is 0.278. The molecular formula is C18H18FN3. The van der Waals surface area contributed by atoms with Gasteiger partial charge in [-0.25, -0.2) is 4.39 Å². The van der Waals surface area contributed by atoms with Crippen LogP contribution in [0.15, 0.2) is 36.4 Å². The highest BCUT2D eigenvalue weighted by Gasteiger charge is 2.19. The van der Waals surface area contributed by atoms with Crippen molar-refractivity contribution < 1.29 is 4.39 Å². The Morgan fingerprint density at radius 3 is 2.73 bits per heavy atom. The van der Waals surface area contributed by atoms with Crippen LogP contribution in [0, 0.1) is 17.1 Å². The molecule has 4 heteroatoms. The lowest BCUT2D eigenvalue weighted by molar-refractivity contribution is 0.628. The second kappa shape index (κ2) is 5.69. The Hall–Kier alpha value is -2.54. The summed E-state index contributed by atoms with van der Waals surface area (Å²) in [5.41, 5.74) is 4.21. The maximum Gasteiger partial charge on any atom is 0.125 e. The van der Waals surface area contributed by atoms with Crippen molar-refractivity contribution in [1.29, 1.82) is 5.26 Å². The molecule has 3 rings (SSSR count). The van der Waals surface area contributed by atoms with Gasteiger partial charge in [-0.3, -0.25) is 0 Å². The molecule has 0 unspecified atom stereocenters. The zero-order valence-electron chi connectivity index (χ0n) is 12.7. The smallest absolute Gasteiger partial charge is 0.125 e. The molecule has 0 bridgehead atoms. The molecule has 0 fully saturated rings. The monoisotopic (exact) mass is 295 g/mol. The molecule has 0 aromatic heterocycles. The summed E-state index contributed by atoms with van der Waals surface area (Å²) >= 11 is 0. The van der Waals surface area contributed by atoms with E-state index in [0.717, 1.165) is 35.6 Å². The summed E-state index contributed by atoms with van der Waals surface area (Å²) in [5.74, 6) is -0.384. The fourth-order valence-corrected chi connectivity index (χ4v) is 2.89. The summed E-state index contributed by atoms with van der Waals surface area (Å²) in [6.07, 6.45) is 0. The van der Waals surface area contributed by atoms with Crippen LogP contribution >= 0.6 is 0 Å². The average molecular weight is 295 g/mol. The number of benzene rings is 2. The average Bonchev–Trinajstić information content (AvgIpc) is 2.53. The summed E-state index contributed by atoms with van der Waals surface area (Å²) in [6, 6.07) is 12.9. The van der Waals surface area contributed by atoms with Crippen molar-refractivity contribution in [2.75, 3.05) is 23.3 Å². The lowest BCUT2D eigenvalue weighted by atomic mass is 10.0. The highest BCUT2D eigenvalue weighted by molar-refractivity contribution is 5.80. The number of halogens is 1. The number of nitrogens with one attached hydrogen (secondary N) is 1. The van der Waals surface area contributed by atoms with Crippen LogP contribution in [-0.2, 0) is 0 Å². The van der Waals surface area contributed by atoms with Crippen molar-refractivity contribution in [1.82, 2.24) is 0 Å². The van der Waals surface area contributed by atoms with Crippen molar-refractivity contribution in [2.45, 2.75) is 19.9 Å². The number of hydrogen-bond donors (Lipinski definition) is 1. The van der Waals surface area contributed by atoms with Crippen molar-refractivity contribution in [3.05, 3.63) is 47.8 Å². The van der Waals surface area contributed by atoms with Crippen LogP contribution in [0.25, 0.3) is 11.1 Å². The Bertz CT molecular complexity index is 746. The molecule has 1 aliphatic rings. The van der Waals surface area contributed by atoms with Gasteiger partial charge in [-0.05, 0) is 55.3 Å². The topological polar surface area (TPSA) is 39.1 Å². The van der Waals surface area contributed by atoms with Gasteiger partial charge in [0.2, 0.25) is 0 Å². The van der Waals surface area contributed by atoms with Crippen LogP contribution in [0.5, 0.6) is 0 Å². The third-order valence-electron chi connectivity index (χ3n) is 3.96. The van der Waals surface area contributed by atoms with Gasteiger partial charge in [0.1, 0.15) is 5.82 Å². The quantitative estimate of drug-likeness (QED) is 0.910. The van der Waals surface area contributed by atoms with E-state index in [4.69, 9.17) is 5.26 Å². The molecule has 0 saturated carbocycles. The predicted molar refractivity (Wildman–Crippen MR) is 87.5 cm³/mol. The summed E-state index contributed by atoms with van der Waals surface area (Å²) in [4.78, 5) is 2.33. The van der Waals surface area contributed by atoms with Crippen LogP contribution < -0.4 is 10.2 Å². The number of nitrogens with zero attached hydrogens (tertiary/aromatic N) is 2. The molecule has 0 radical (unpaired) electrons. The molecule has 3 nitrogen and oxygen atoms in total. The molecule has 0 saturated heterocycles. The highest BCUT2D eigenvalue weighted by Crippen LogP contribution is 2.35. The maximum absolute atomic E-state index is 13.7. The molecule has 0 amide bonds. The minimum Gasteiger partial charge on any atom is -0.382 e. The summed E-state index contributed by atoms with van der Waals surface area (Å²) in [7, 11) is 0. The zero-order valence-corrected chi connectivity index (χ0v) is 12.7. The van der Waals surface area contributed by atoms with E-state index < -0.39 is 0 Å². The first-order valence-corrected chi connectivity index (χ1v) is 7.44. The lowest BCUT2D eigenvalue weighted by Crippen LogP contribution is -2.38. The van der Waals surface area contributed by atoms with E-state index in [1.807, 2.05) is 18.2 Å². The van der Waals surface area contributed by atoms with E-state index in [1.165, 1.54) is 12.1 Å². The van der Waals surface area contributed by atoms with E-state index >= 15 is 0 Å². The molecule has 112 valence electrons. The van der Waals surface area contributed by atoms with Crippen LogP contribution in [-0.4, -0.2) is 19.1 Å². The normalized spacial score (nSPS) is 13.5. The van der Waals surface area contributed by atoms with Crippen LogP contribution in [0.3, 0.4) is 0 Å². The molecule has 0 atom stereocenters. The summed E-state index contributed by atoms with van der Waals surface area (Å²) < 4.78 is 13.7. The molecule has 0 aliphatic carbocycles. The van der Waals surface area contributed by atoms with Crippen molar-refractivity contribution >= 4 is 11.4 Å². The Labute approximate surface area is 130 Å². The van der Waals surface area contributed by atoms with Gasteiger partial charge in [-0.2, -0.15) is 5.26 Å². The van der Waals surface area contributed by atoms with Crippen LogP contribution in [0.1, 0.15) is 19.4 Å². The number of anilines is 2. The van der Waals surface area contributed by atoms with E-state index in [9.17, 15) is 4.39 Å². The number of hydrogen-bond acceptors (Lipinski definition) is 3. The second-order valence-corrected chi connectivity index (χ2v) is 5.79. The van der Waals surface area contributed by atoms with Gasteiger partial charge >= 0.3 is 0 Å². The van der Waals surface area contributed by atoms with Crippen molar-refractivity contribution in [3.8, 4) is 17.2 Å². The minimum atomic E-state index is -0.384. The van der Waals surface area contributed by atoms with Gasteiger partial charge in [-0.15, -0.1) is 0 Å². The standard InChI is InChI=1S/C18H18FN3/c1-12(2)22-6-5-21-17-4-3-14(10-18(17)22)15-7-13(11-20)8-16(19)9-15/h3-4,7-10,12,21H,5-6H2,1-2H3. The molecular weight excluding hydrogens is 277 g/mol. The molecule has 2 aromatic carbocycles. The molecule has 1 N–H and O–H groups in total. The van der Waals surface area contributed by atoms with E-state index in [0.29, 0.717) is 11.6 Å². The minimum absolute atomic E-state index is 0.339. The first-order chi connectivity index (χ1) is 10.6. The number of fused-ring (bicyclic) bond motifs is 1.